The van der Waals surface area contributed by atoms with Crippen molar-refractivity contribution < 1.29 is 17.9 Å². The number of carbonyl (C=O) groups excluding carboxylic acids is 1. The van der Waals surface area contributed by atoms with E-state index in [1.165, 1.54) is 37.4 Å². The molecule has 0 aliphatic rings. The highest BCUT2D eigenvalue weighted by atomic mass is 35.5. The second kappa shape index (κ2) is 7.42. The van der Waals surface area contributed by atoms with Crippen LogP contribution in [0.15, 0.2) is 47.4 Å². The minimum absolute atomic E-state index is 0.0492. The first-order valence-corrected chi connectivity index (χ1v) is 9.06. The van der Waals surface area contributed by atoms with Crippen LogP contribution in [0.5, 0.6) is 0 Å². The Morgan fingerprint density at radius 3 is 2.12 bits per heavy atom. The van der Waals surface area contributed by atoms with Crippen molar-refractivity contribution >= 4 is 44.9 Å². The van der Waals surface area contributed by atoms with Crippen molar-refractivity contribution in [3.63, 3.8) is 0 Å². The van der Waals surface area contributed by atoms with Crippen molar-refractivity contribution in [2.75, 3.05) is 18.0 Å². The largest absolute Gasteiger partial charge is 0.468 e. The number of aryl methyl sites for hydroxylation is 1. The van der Waals surface area contributed by atoms with Crippen LogP contribution in [0.3, 0.4) is 0 Å². The third kappa shape index (κ3) is 4.20. The van der Waals surface area contributed by atoms with Crippen LogP contribution in [-0.4, -0.2) is 28.0 Å². The molecule has 128 valence electrons. The summed E-state index contributed by atoms with van der Waals surface area (Å²) in [6.45, 7) is 1.35. The number of halogens is 2. The van der Waals surface area contributed by atoms with Gasteiger partial charge in [-0.3, -0.25) is 9.10 Å². The van der Waals surface area contributed by atoms with Crippen LogP contribution in [0.1, 0.15) is 5.56 Å². The SMILES string of the molecule is COC(=O)CN(c1cc(Cl)cc(Cl)c1)S(=O)(=O)c1ccc(C)cc1. The normalized spacial score (nSPS) is 11.2. The molecule has 0 amide bonds. The fourth-order valence-corrected chi connectivity index (χ4v) is 3.92. The van der Waals surface area contributed by atoms with Gasteiger partial charge in [0.1, 0.15) is 6.54 Å². The van der Waals surface area contributed by atoms with Gasteiger partial charge in [-0.1, -0.05) is 40.9 Å². The predicted octanol–water partition coefficient (Wildman–Crippen LogP) is 3.67. The van der Waals surface area contributed by atoms with Gasteiger partial charge < -0.3 is 4.74 Å². The number of anilines is 1. The molecule has 0 fully saturated rings. The first-order valence-electron chi connectivity index (χ1n) is 6.86. The zero-order valence-electron chi connectivity index (χ0n) is 13.0. The lowest BCUT2D eigenvalue weighted by atomic mass is 10.2. The van der Waals surface area contributed by atoms with Crippen LogP contribution in [-0.2, 0) is 19.6 Å². The molecule has 0 saturated carbocycles. The average molecular weight is 388 g/mol. The van der Waals surface area contributed by atoms with Crippen LogP contribution >= 0.6 is 23.2 Å². The molecule has 0 bridgehead atoms. The molecule has 0 unspecified atom stereocenters. The third-order valence-electron chi connectivity index (χ3n) is 3.24. The van der Waals surface area contributed by atoms with Crippen LogP contribution < -0.4 is 4.31 Å². The van der Waals surface area contributed by atoms with Gasteiger partial charge in [0.05, 0.1) is 17.7 Å². The van der Waals surface area contributed by atoms with Gasteiger partial charge in [-0.05, 0) is 37.3 Å². The summed E-state index contributed by atoms with van der Waals surface area (Å²) in [5.74, 6) is -0.707. The fraction of sp³-hybridized carbons (Fsp3) is 0.188. The Balaban J connectivity index is 2.56. The minimum Gasteiger partial charge on any atom is -0.468 e. The molecule has 0 heterocycles. The van der Waals surface area contributed by atoms with E-state index in [1.807, 2.05) is 6.92 Å². The van der Waals surface area contributed by atoms with Gasteiger partial charge in [-0.2, -0.15) is 0 Å². The fourth-order valence-electron chi connectivity index (χ4n) is 2.02. The zero-order valence-corrected chi connectivity index (χ0v) is 15.3. The molecule has 5 nitrogen and oxygen atoms in total. The molecule has 0 N–H and O–H groups in total. The summed E-state index contributed by atoms with van der Waals surface area (Å²) in [7, 11) is -2.81. The number of carbonyl (C=O) groups is 1. The van der Waals surface area contributed by atoms with Gasteiger partial charge in [0, 0.05) is 10.0 Å². The third-order valence-corrected chi connectivity index (χ3v) is 5.47. The van der Waals surface area contributed by atoms with Crippen molar-refractivity contribution in [3.8, 4) is 0 Å². The van der Waals surface area contributed by atoms with E-state index in [0.717, 1.165) is 9.87 Å². The molecule has 8 heteroatoms. The molecule has 0 atom stereocenters. The van der Waals surface area contributed by atoms with E-state index in [1.54, 1.807) is 12.1 Å². The summed E-state index contributed by atoms with van der Waals surface area (Å²) in [6.07, 6.45) is 0. The Hall–Kier alpha value is -1.76. The Labute approximate surface area is 150 Å². The maximum absolute atomic E-state index is 13.0. The smallest absolute Gasteiger partial charge is 0.326 e. The molecule has 0 spiro atoms. The number of hydrogen-bond donors (Lipinski definition) is 0. The average Bonchev–Trinajstić information content (AvgIpc) is 2.51. The molecule has 2 aromatic carbocycles. The minimum atomic E-state index is -3.99. The highest BCUT2D eigenvalue weighted by molar-refractivity contribution is 7.92. The summed E-state index contributed by atoms with van der Waals surface area (Å²) in [6, 6.07) is 10.6. The number of hydrogen-bond acceptors (Lipinski definition) is 4. The van der Waals surface area contributed by atoms with Crippen molar-refractivity contribution in [2.24, 2.45) is 0 Å². The zero-order chi connectivity index (χ0) is 17.9. The molecule has 0 aliphatic carbocycles. The summed E-state index contributed by atoms with van der Waals surface area (Å²) in [4.78, 5) is 11.8. The Bertz CT molecular complexity index is 831. The lowest BCUT2D eigenvalue weighted by molar-refractivity contribution is -0.138. The number of esters is 1. The van der Waals surface area contributed by atoms with E-state index in [2.05, 4.69) is 4.74 Å². The van der Waals surface area contributed by atoms with Gasteiger partial charge >= 0.3 is 5.97 Å². The summed E-state index contributed by atoms with van der Waals surface area (Å²) in [5, 5.41) is 0.512. The number of nitrogens with zero attached hydrogens (tertiary/aromatic N) is 1. The quantitative estimate of drug-likeness (QED) is 0.734. The van der Waals surface area contributed by atoms with Crippen molar-refractivity contribution in [1.82, 2.24) is 0 Å². The first-order chi connectivity index (χ1) is 11.2. The molecule has 0 aliphatic heterocycles. The number of methoxy groups -OCH3 is 1. The number of benzene rings is 2. The highest BCUT2D eigenvalue weighted by Gasteiger charge is 2.28. The van der Waals surface area contributed by atoms with Gasteiger partial charge in [0.15, 0.2) is 0 Å². The van der Waals surface area contributed by atoms with E-state index in [4.69, 9.17) is 23.2 Å². The number of rotatable bonds is 5. The van der Waals surface area contributed by atoms with E-state index in [0.29, 0.717) is 0 Å². The Morgan fingerprint density at radius 2 is 1.62 bits per heavy atom. The molecule has 2 rings (SSSR count). The molecule has 0 saturated heterocycles. The monoisotopic (exact) mass is 387 g/mol. The molecular formula is C16H15Cl2NO4S. The van der Waals surface area contributed by atoms with Gasteiger partial charge in [-0.15, -0.1) is 0 Å². The summed E-state index contributed by atoms with van der Waals surface area (Å²) < 4.78 is 31.4. The number of ether oxygens (including phenoxy) is 1. The van der Waals surface area contributed by atoms with E-state index in [9.17, 15) is 13.2 Å². The van der Waals surface area contributed by atoms with Crippen molar-refractivity contribution in [3.05, 3.63) is 58.1 Å². The number of sulfonamides is 1. The second-order valence-electron chi connectivity index (χ2n) is 5.03. The standard InChI is InChI=1S/C16H15Cl2NO4S/c1-11-3-5-15(6-4-11)24(21,22)19(10-16(20)23-2)14-8-12(17)7-13(18)9-14/h3-9H,10H2,1-2H3. The first kappa shape index (κ1) is 18.6. The van der Waals surface area contributed by atoms with Gasteiger partial charge in [0.25, 0.3) is 10.0 Å². The van der Waals surface area contributed by atoms with Crippen LogP contribution in [0.2, 0.25) is 10.0 Å². The van der Waals surface area contributed by atoms with Crippen molar-refractivity contribution in [2.45, 2.75) is 11.8 Å². The second-order valence-corrected chi connectivity index (χ2v) is 7.76. The van der Waals surface area contributed by atoms with Crippen molar-refractivity contribution in [1.29, 1.82) is 0 Å². The van der Waals surface area contributed by atoms with E-state index >= 15 is 0 Å². The maximum atomic E-state index is 13.0. The molecular weight excluding hydrogens is 373 g/mol. The topological polar surface area (TPSA) is 63.7 Å². The molecule has 2 aromatic rings. The molecule has 0 aromatic heterocycles. The van der Waals surface area contributed by atoms with E-state index < -0.39 is 22.5 Å². The van der Waals surface area contributed by atoms with Gasteiger partial charge in [-0.25, -0.2) is 8.42 Å². The highest BCUT2D eigenvalue weighted by Crippen LogP contribution is 2.29. The van der Waals surface area contributed by atoms with Crippen LogP contribution in [0, 0.1) is 6.92 Å². The lowest BCUT2D eigenvalue weighted by Crippen LogP contribution is -2.36. The lowest BCUT2D eigenvalue weighted by Gasteiger charge is -2.24. The van der Waals surface area contributed by atoms with Crippen LogP contribution in [0.4, 0.5) is 5.69 Å². The Kier molecular flexibility index (Phi) is 5.74. The summed E-state index contributed by atoms with van der Waals surface area (Å²) in [5.41, 5.74) is 1.10. The van der Waals surface area contributed by atoms with E-state index in [-0.39, 0.29) is 20.6 Å². The molecule has 24 heavy (non-hydrogen) atoms. The predicted molar refractivity (Wildman–Crippen MR) is 94.2 cm³/mol. The maximum Gasteiger partial charge on any atom is 0.326 e. The van der Waals surface area contributed by atoms with Gasteiger partial charge in [0.2, 0.25) is 0 Å². The Morgan fingerprint density at radius 1 is 1.08 bits per heavy atom. The molecule has 0 radical (unpaired) electrons. The van der Waals surface area contributed by atoms with Crippen LogP contribution in [0.25, 0.3) is 0 Å². The summed E-state index contributed by atoms with van der Waals surface area (Å²) >= 11 is 11.9.